The van der Waals surface area contributed by atoms with Gasteiger partial charge in [0.05, 0.1) is 22.7 Å². The third-order valence-electron chi connectivity index (χ3n) is 4.34. The van der Waals surface area contributed by atoms with Crippen LogP contribution in [-0.4, -0.2) is 27.5 Å². The molecule has 2 aromatic heterocycles. The standard InChI is InChI=1S/C21H18N4O3/c1-12-3-5-18-15(7-12)19(8-13(2)24-18)28-10-20(26)25-14-4-6-17-16(9-14)21(27)23-11-22-17/h3-9,11H,10H2,1-2H3,(H,25,26)(H,22,23,27). The molecule has 2 heterocycles. The van der Waals surface area contributed by atoms with Crippen molar-refractivity contribution >= 4 is 33.4 Å². The highest BCUT2D eigenvalue weighted by molar-refractivity contribution is 5.94. The Kier molecular flexibility index (Phi) is 4.49. The van der Waals surface area contributed by atoms with Gasteiger partial charge in [-0.15, -0.1) is 0 Å². The molecule has 0 bridgehead atoms. The lowest BCUT2D eigenvalue weighted by Crippen LogP contribution is -2.20. The van der Waals surface area contributed by atoms with E-state index in [-0.39, 0.29) is 18.1 Å². The zero-order valence-corrected chi connectivity index (χ0v) is 15.4. The molecule has 0 spiro atoms. The molecule has 0 unspecified atom stereocenters. The summed E-state index contributed by atoms with van der Waals surface area (Å²) in [5.41, 5.74) is 3.53. The van der Waals surface area contributed by atoms with Crippen LogP contribution in [0.1, 0.15) is 11.3 Å². The van der Waals surface area contributed by atoms with E-state index < -0.39 is 0 Å². The number of aromatic nitrogens is 3. The topological polar surface area (TPSA) is 97.0 Å². The van der Waals surface area contributed by atoms with Crippen LogP contribution in [0.3, 0.4) is 0 Å². The molecule has 4 aromatic rings. The molecule has 0 radical (unpaired) electrons. The van der Waals surface area contributed by atoms with Crippen molar-refractivity contribution in [1.29, 1.82) is 0 Å². The first-order valence-corrected chi connectivity index (χ1v) is 8.78. The maximum absolute atomic E-state index is 12.3. The number of carbonyl (C=O) groups is 1. The molecule has 4 rings (SSSR count). The zero-order valence-electron chi connectivity index (χ0n) is 15.4. The van der Waals surface area contributed by atoms with Crippen LogP contribution in [0.2, 0.25) is 0 Å². The number of hydrogen-bond acceptors (Lipinski definition) is 5. The van der Waals surface area contributed by atoms with Crippen molar-refractivity contribution < 1.29 is 9.53 Å². The van der Waals surface area contributed by atoms with Gasteiger partial charge in [0.25, 0.3) is 11.5 Å². The van der Waals surface area contributed by atoms with Crippen molar-refractivity contribution in [3.05, 3.63) is 70.4 Å². The van der Waals surface area contributed by atoms with Crippen molar-refractivity contribution in [2.24, 2.45) is 0 Å². The second kappa shape index (κ2) is 7.11. The zero-order chi connectivity index (χ0) is 19.7. The molecule has 0 aliphatic carbocycles. The number of aromatic amines is 1. The van der Waals surface area contributed by atoms with Gasteiger partial charge >= 0.3 is 0 Å². The number of fused-ring (bicyclic) bond motifs is 2. The van der Waals surface area contributed by atoms with Gasteiger partial charge in [-0.25, -0.2) is 4.98 Å². The number of H-pyrrole nitrogens is 1. The molecule has 1 amide bonds. The number of rotatable bonds is 4. The fourth-order valence-corrected chi connectivity index (χ4v) is 3.04. The van der Waals surface area contributed by atoms with Crippen molar-refractivity contribution in [1.82, 2.24) is 15.0 Å². The smallest absolute Gasteiger partial charge is 0.262 e. The third-order valence-corrected chi connectivity index (χ3v) is 4.34. The number of benzene rings is 2. The normalized spacial score (nSPS) is 10.9. The Bertz CT molecular complexity index is 1260. The molecular weight excluding hydrogens is 356 g/mol. The van der Waals surface area contributed by atoms with Gasteiger partial charge in [-0.1, -0.05) is 11.6 Å². The molecule has 28 heavy (non-hydrogen) atoms. The average molecular weight is 374 g/mol. The first-order chi connectivity index (χ1) is 13.5. The molecule has 0 saturated heterocycles. The van der Waals surface area contributed by atoms with Crippen LogP contribution in [0.5, 0.6) is 5.75 Å². The number of anilines is 1. The number of pyridine rings is 1. The monoisotopic (exact) mass is 374 g/mol. The van der Waals surface area contributed by atoms with Crippen LogP contribution in [0.4, 0.5) is 5.69 Å². The highest BCUT2D eigenvalue weighted by atomic mass is 16.5. The Morgan fingerprint density at radius 2 is 1.89 bits per heavy atom. The molecule has 0 aliphatic rings. The van der Waals surface area contributed by atoms with Gasteiger partial charge in [0.15, 0.2) is 6.61 Å². The summed E-state index contributed by atoms with van der Waals surface area (Å²) >= 11 is 0. The van der Waals surface area contributed by atoms with Gasteiger partial charge in [0.1, 0.15) is 5.75 Å². The van der Waals surface area contributed by atoms with Gasteiger partial charge in [-0.05, 0) is 44.2 Å². The minimum atomic E-state index is -0.324. The Balaban J connectivity index is 1.52. The fourth-order valence-electron chi connectivity index (χ4n) is 3.04. The van der Waals surface area contributed by atoms with E-state index in [4.69, 9.17) is 4.74 Å². The summed E-state index contributed by atoms with van der Waals surface area (Å²) in [6.07, 6.45) is 1.35. The summed E-state index contributed by atoms with van der Waals surface area (Å²) in [4.78, 5) is 35.3. The number of ether oxygens (including phenoxy) is 1. The van der Waals surface area contributed by atoms with E-state index in [9.17, 15) is 9.59 Å². The lowest BCUT2D eigenvalue weighted by molar-refractivity contribution is -0.118. The van der Waals surface area contributed by atoms with E-state index >= 15 is 0 Å². The summed E-state index contributed by atoms with van der Waals surface area (Å²) in [6.45, 7) is 3.72. The molecule has 0 saturated carbocycles. The van der Waals surface area contributed by atoms with E-state index in [1.165, 1.54) is 6.33 Å². The lowest BCUT2D eigenvalue weighted by Gasteiger charge is -2.11. The second-order valence-electron chi connectivity index (χ2n) is 6.58. The quantitative estimate of drug-likeness (QED) is 0.572. The average Bonchev–Trinajstić information content (AvgIpc) is 2.67. The van der Waals surface area contributed by atoms with Gasteiger partial charge < -0.3 is 15.0 Å². The fraction of sp³-hybridized carbons (Fsp3) is 0.143. The van der Waals surface area contributed by atoms with Crippen molar-refractivity contribution in [3.63, 3.8) is 0 Å². The van der Waals surface area contributed by atoms with Crippen LogP contribution >= 0.6 is 0 Å². The first kappa shape index (κ1) is 17.7. The second-order valence-corrected chi connectivity index (χ2v) is 6.58. The number of nitrogens with zero attached hydrogens (tertiary/aromatic N) is 2. The molecule has 7 heteroatoms. The number of nitrogens with one attached hydrogen (secondary N) is 2. The minimum absolute atomic E-state index is 0.159. The number of hydrogen-bond donors (Lipinski definition) is 2. The van der Waals surface area contributed by atoms with Crippen molar-refractivity contribution in [2.45, 2.75) is 13.8 Å². The Labute approximate surface area is 160 Å². The van der Waals surface area contributed by atoms with Crippen molar-refractivity contribution in [2.75, 3.05) is 11.9 Å². The highest BCUT2D eigenvalue weighted by Crippen LogP contribution is 2.26. The summed E-state index contributed by atoms with van der Waals surface area (Å²) < 4.78 is 5.77. The molecule has 2 aromatic carbocycles. The number of amides is 1. The maximum atomic E-state index is 12.3. The number of carbonyl (C=O) groups excluding carboxylic acids is 1. The lowest BCUT2D eigenvalue weighted by atomic mass is 10.1. The molecular formula is C21H18N4O3. The Hall–Kier alpha value is -3.74. The summed E-state index contributed by atoms with van der Waals surface area (Å²) in [5.74, 6) is 0.287. The van der Waals surface area contributed by atoms with Crippen LogP contribution < -0.4 is 15.6 Å². The van der Waals surface area contributed by atoms with Crippen LogP contribution in [0.25, 0.3) is 21.8 Å². The van der Waals surface area contributed by atoms with E-state index in [2.05, 4.69) is 20.3 Å². The third kappa shape index (κ3) is 3.55. The number of aryl methyl sites for hydroxylation is 2. The SMILES string of the molecule is Cc1ccc2nc(C)cc(OCC(=O)Nc3ccc4nc[nH]c(=O)c4c3)c2c1. The van der Waals surface area contributed by atoms with E-state index in [0.717, 1.165) is 22.2 Å². The molecule has 7 nitrogen and oxygen atoms in total. The first-order valence-electron chi connectivity index (χ1n) is 8.78. The Morgan fingerprint density at radius 3 is 2.75 bits per heavy atom. The molecule has 2 N–H and O–H groups in total. The van der Waals surface area contributed by atoms with E-state index in [0.29, 0.717) is 22.3 Å². The van der Waals surface area contributed by atoms with E-state index in [1.54, 1.807) is 18.2 Å². The summed E-state index contributed by atoms with van der Waals surface area (Å²) in [5, 5.41) is 4.02. The maximum Gasteiger partial charge on any atom is 0.262 e. The largest absolute Gasteiger partial charge is 0.483 e. The van der Waals surface area contributed by atoms with Gasteiger partial charge in [-0.2, -0.15) is 0 Å². The Morgan fingerprint density at radius 1 is 1.07 bits per heavy atom. The van der Waals surface area contributed by atoms with E-state index in [1.807, 2.05) is 38.1 Å². The molecule has 0 atom stereocenters. The summed E-state index contributed by atoms with van der Waals surface area (Å²) in [6, 6.07) is 12.7. The highest BCUT2D eigenvalue weighted by Gasteiger charge is 2.10. The molecule has 0 aliphatic heterocycles. The predicted molar refractivity (Wildman–Crippen MR) is 108 cm³/mol. The van der Waals surface area contributed by atoms with Gasteiger partial charge in [-0.3, -0.25) is 14.6 Å². The van der Waals surface area contributed by atoms with Crippen LogP contribution in [0, 0.1) is 13.8 Å². The molecule has 140 valence electrons. The van der Waals surface area contributed by atoms with Crippen LogP contribution in [-0.2, 0) is 4.79 Å². The summed E-state index contributed by atoms with van der Waals surface area (Å²) in [7, 11) is 0. The molecule has 0 fully saturated rings. The van der Waals surface area contributed by atoms with Crippen molar-refractivity contribution in [3.8, 4) is 5.75 Å². The van der Waals surface area contributed by atoms with Gasteiger partial charge in [0, 0.05) is 22.8 Å². The predicted octanol–water partition coefficient (Wildman–Crippen LogP) is 3.11. The minimum Gasteiger partial charge on any atom is -0.483 e. The van der Waals surface area contributed by atoms with Crippen LogP contribution in [0.15, 0.2) is 53.6 Å². The van der Waals surface area contributed by atoms with Gasteiger partial charge in [0.2, 0.25) is 0 Å².